The van der Waals surface area contributed by atoms with Gasteiger partial charge in [0.15, 0.2) is 5.75 Å². The lowest BCUT2D eigenvalue weighted by molar-refractivity contribution is -0.122. The SMILES string of the molecule is COc1cc(/C=C2\C(=O)NC(=O)N(c3ccc(O)cc3)C2=O)cc(Cl)c1OS(=O)(=O)c1ccc(C)cc1. The molecule has 1 saturated heterocycles. The van der Waals surface area contributed by atoms with Crippen LogP contribution in [0.4, 0.5) is 10.5 Å². The number of ether oxygens (including phenoxy) is 1. The number of urea groups is 1. The summed E-state index contributed by atoms with van der Waals surface area (Å²) in [6.45, 7) is 1.81. The first-order valence-corrected chi connectivity index (χ1v) is 12.4. The molecule has 0 atom stereocenters. The Hall–Kier alpha value is -4.35. The number of benzene rings is 3. The van der Waals surface area contributed by atoms with E-state index < -0.39 is 33.5 Å². The molecular formula is C25H19ClN2O8S. The summed E-state index contributed by atoms with van der Waals surface area (Å²) >= 11 is 6.31. The van der Waals surface area contributed by atoms with Crippen molar-refractivity contribution in [1.29, 1.82) is 0 Å². The van der Waals surface area contributed by atoms with E-state index in [9.17, 15) is 27.9 Å². The van der Waals surface area contributed by atoms with Crippen LogP contribution >= 0.6 is 11.6 Å². The fourth-order valence-corrected chi connectivity index (χ4v) is 4.69. The molecule has 12 heteroatoms. The summed E-state index contributed by atoms with van der Waals surface area (Å²) in [4.78, 5) is 38.5. The Kier molecular flexibility index (Phi) is 6.92. The van der Waals surface area contributed by atoms with Crippen LogP contribution in [0.25, 0.3) is 6.08 Å². The molecule has 4 amide bonds. The topological polar surface area (TPSA) is 139 Å². The Labute approximate surface area is 216 Å². The largest absolute Gasteiger partial charge is 0.508 e. The highest BCUT2D eigenvalue weighted by Crippen LogP contribution is 2.39. The van der Waals surface area contributed by atoms with Crippen molar-refractivity contribution in [2.45, 2.75) is 11.8 Å². The third kappa shape index (κ3) is 5.27. The number of phenols is 1. The Bertz CT molecular complexity index is 1550. The quantitative estimate of drug-likeness (QED) is 0.272. The van der Waals surface area contributed by atoms with Gasteiger partial charge in [-0.05, 0) is 67.1 Å². The van der Waals surface area contributed by atoms with E-state index in [1.165, 1.54) is 61.7 Å². The van der Waals surface area contributed by atoms with Crippen LogP contribution in [0.5, 0.6) is 17.2 Å². The van der Waals surface area contributed by atoms with Crippen molar-refractivity contribution in [3.05, 3.63) is 82.4 Å². The molecule has 3 aromatic carbocycles. The fourth-order valence-electron chi connectivity index (χ4n) is 3.43. The number of carbonyl (C=O) groups excluding carboxylic acids is 3. The molecular weight excluding hydrogens is 524 g/mol. The summed E-state index contributed by atoms with van der Waals surface area (Å²) < 4.78 is 36.0. The molecule has 10 nitrogen and oxygen atoms in total. The van der Waals surface area contributed by atoms with Crippen molar-refractivity contribution in [1.82, 2.24) is 5.32 Å². The van der Waals surface area contributed by atoms with Crippen LogP contribution in [0.15, 0.2) is 71.1 Å². The summed E-state index contributed by atoms with van der Waals surface area (Å²) in [6, 6.07) is 12.9. The van der Waals surface area contributed by atoms with Gasteiger partial charge in [-0.2, -0.15) is 8.42 Å². The predicted octanol–water partition coefficient (Wildman–Crippen LogP) is 3.80. The summed E-state index contributed by atoms with van der Waals surface area (Å²) in [5.41, 5.74) is 0.783. The molecule has 2 N–H and O–H groups in total. The first-order chi connectivity index (χ1) is 17.5. The monoisotopic (exact) mass is 542 g/mol. The molecule has 190 valence electrons. The molecule has 3 aromatic rings. The number of halogens is 1. The van der Waals surface area contributed by atoms with Gasteiger partial charge in [0.05, 0.1) is 17.8 Å². The van der Waals surface area contributed by atoms with Gasteiger partial charge in [0.25, 0.3) is 11.8 Å². The lowest BCUT2D eigenvalue weighted by Gasteiger charge is -2.26. The summed E-state index contributed by atoms with van der Waals surface area (Å²) in [5.74, 6) is -2.30. The lowest BCUT2D eigenvalue weighted by Crippen LogP contribution is -2.54. The molecule has 1 heterocycles. The van der Waals surface area contributed by atoms with Gasteiger partial charge in [0.1, 0.15) is 16.2 Å². The Morgan fingerprint density at radius 2 is 1.65 bits per heavy atom. The normalized spacial score (nSPS) is 15.1. The standard InChI is InChI=1S/C25H19ClN2O8S/c1-14-3-9-18(10-4-14)37(33,34)36-22-20(26)12-15(13-21(22)35-2)11-19-23(30)27-25(32)28(24(19)31)16-5-7-17(29)8-6-16/h3-13,29H,1-2H3,(H,27,30,32)/b19-11+. The van der Waals surface area contributed by atoms with Crippen LogP contribution in [-0.2, 0) is 19.7 Å². The van der Waals surface area contributed by atoms with Gasteiger partial charge in [0.2, 0.25) is 5.75 Å². The number of barbiturate groups is 1. The smallest absolute Gasteiger partial charge is 0.339 e. The highest BCUT2D eigenvalue weighted by atomic mass is 35.5. The molecule has 0 unspecified atom stereocenters. The minimum absolute atomic E-state index is 0.0751. The molecule has 4 rings (SSSR count). The molecule has 1 aliphatic heterocycles. The summed E-state index contributed by atoms with van der Waals surface area (Å²) in [7, 11) is -2.99. The van der Waals surface area contributed by atoms with Crippen molar-refractivity contribution in [3.63, 3.8) is 0 Å². The molecule has 1 fully saturated rings. The second-order valence-corrected chi connectivity index (χ2v) is 9.81. The number of aryl methyl sites for hydroxylation is 1. The number of methoxy groups -OCH3 is 1. The van der Waals surface area contributed by atoms with Crippen LogP contribution < -0.4 is 19.1 Å². The molecule has 0 radical (unpaired) electrons. The highest BCUT2D eigenvalue weighted by Gasteiger charge is 2.37. The van der Waals surface area contributed by atoms with Crippen LogP contribution in [0.2, 0.25) is 5.02 Å². The van der Waals surface area contributed by atoms with Crippen molar-refractivity contribution >= 4 is 51.3 Å². The van der Waals surface area contributed by atoms with Crippen LogP contribution in [0, 0.1) is 6.92 Å². The zero-order chi connectivity index (χ0) is 26.9. The average molecular weight is 543 g/mol. The number of imide groups is 2. The van der Waals surface area contributed by atoms with Crippen molar-refractivity contribution in [2.75, 3.05) is 12.0 Å². The second kappa shape index (κ2) is 9.96. The van der Waals surface area contributed by atoms with Crippen molar-refractivity contribution < 1.29 is 36.8 Å². The predicted molar refractivity (Wildman–Crippen MR) is 134 cm³/mol. The van der Waals surface area contributed by atoms with E-state index >= 15 is 0 Å². The Balaban J connectivity index is 1.69. The lowest BCUT2D eigenvalue weighted by atomic mass is 10.1. The molecule has 1 aliphatic rings. The van der Waals surface area contributed by atoms with Crippen LogP contribution in [-0.4, -0.2) is 38.5 Å². The maximum absolute atomic E-state index is 13.1. The number of hydrogen-bond acceptors (Lipinski definition) is 8. The van der Waals surface area contributed by atoms with Crippen molar-refractivity contribution in [2.24, 2.45) is 0 Å². The number of rotatable bonds is 6. The fraction of sp³-hybridized carbons (Fsp3) is 0.0800. The molecule has 0 aliphatic carbocycles. The summed E-state index contributed by atoms with van der Waals surface area (Å²) in [5, 5.41) is 11.4. The number of nitrogens with one attached hydrogen (secondary N) is 1. The molecule has 37 heavy (non-hydrogen) atoms. The van der Waals surface area contributed by atoms with E-state index in [1.54, 1.807) is 12.1 Å². The minimum atomic E-state index is -4.25. The van der Waals surface area contributed by atoms with Gasteiger partial charge in [-0.25, -0.2) is 9.69 Å². The molecule has 0 aromatic heterocycles. The zero-order valence-corrected chi connectivity index (χ0v) is 21.0. The first kappa shape index (κ1) is 25.7. The van der Waals surface area contributed by atoms with Gasteiger partial charge in [0, 0.05) is 0 Å². The zero-order valence-electron chi connectivity index (χ0n) is 19.4. The number of carbonyl (C=O) groups is 3. The van der Waals surface area contributed by atoms with E-state index in [4.69, 9.17) is 20.5 Å². The second-order valence-electron chi connectivity index (χ2n) is 7.86. The van der Waals surface area contributed by atoms with Gasteiger partial charge < -0.3 is 14.0 Å². The number of phenolic OH excluding ortho intramolecular Hbond substituents is 1. The maximum Gasteiger partial charge on any atom is 0.339 e. The van der Waals surface area contributed by atoms with Gasteiger partial charge in [-0.3, -0.25) is 14.9 Å². The highest BCUT2D eigenvalue weighted by molar-refractivity contribution is 7.87. The molecule has 0 bridgehead atoms. The van der Waals surface area contributed by atoms with E-state index in [0.29, 0.717) is 0 Å². The third-order valence-corrected chi connectivity index (χ3v) is 6.79. The average Bonchev–Trinajstić information content (AvgIpc) is 2.84. The number of nitrogens with zero attached hydrogens (tertiary/aromatic N) is 1. The maximum atomic E-state index is 13.1. The van der Waals surface area contributed by atoms with Gasteiger partial charge in [-0.15, -0.1) is 0 Å². The van der Waals surface area contributed by atoms with Crippen molar-refractivity contribution in [3.8, 4) is 17.2 Å². The number of aromatic hydroxyl groups is 1. The van der Waals surface area contributed by atoms with Gasteiger partial charge in [-0.1, -0.05) is 29.3 Å². The van der Waals surface area contributed by atoms with E-state index in [2.05, 4.69) is 5.32 Å². The summed E-state index contributed by atoms with van der Waals surface area (Å²) in [6.07, 6.45) is 1.17. The number of hydrogen-bond donors (Lipinski definition) is 2. The minimum Gasteiger partial charge on any atom is -0.508 e. The van der Waals surface area contributed by atoms with Crippen LogP contribution in [0.3, 0.4) is 0 Å². The van der Waals surface area contributed by atoms with Crippen LogP contribution in [0.1, 0.15) is 11.1 Å². The Morgan fingerprint density at radius 3 is 2.27 bits per heavy atom. The first-order valence-electron chi connectivity index (χ1n) is 10.6. The molecule has 0 spiro atoms. The van der Waals surface area contributed by atoms with E-state index in [0.717, 1.165) is 10.5 Å². The Morgan fingerprint density at radius 1 is 1.00 bits per heavy atom. The van der Waals surface area contributed by atoms with E-state index in [1.807, 2.05) is 6.92 Å². The number of amides is 4. The molecule has 0 saturated carbocycles. The third-order valence-electron chi connectivity index (χ3n) is 5.28. The number of anilines is 1. The van der Waals surface area contributed by atoms with Gasteiger partial charge >= 0.3 is 16.1 Å². The van der Waals surface area contributed by atoms with E-state index in [-0.39, 0.29) is 38.4 Å².